The van der Waals surface area contributed by atoms with Gasteiger partial charge in [0.05, 0.1) is 5.69 Å². The first-order valence-electron chi connectivity index (χ1n) is 7.76. The topological polar surface area (TPSA) is 72.5 Å². The van der Waals surface area contributed by atoms with E-state index in [1.54, 1.807) is 16.9 Å². The van der Waals surface area contributed by atoms with Gasteiger partial charge in [0.2, 0.25) is 0 Å². The maximum Gasteiger partial charge on any atom is 0.170 e. The Kier molecular flexibility index (Phi) is 4.89. The van der Waals surface area contributed by atoms with Crippen molar-refractivity contribution in [1.82, 2.24) is 14.8 Å². The molecule has 0 spiro atoms. The van der Waals surface area contributed by atoms with Crippen LogP contribution in [-0.2, 0) is 0 Å². The molecule has 0 aromatic carbocycles. The summed E-state index contributed by atoms with van der Waals surface area (Å²) in [5.74, 6) is 0.678. The van der Waals surface area contributed by atoms with Crippen molar-refractivity contribution in [2.24, 2.45) is 9.98 Å². The van der Waals surface area contributed by atoms with Crippen LogP contribution >= 0.6 is 0 Å². The van der Waals surface area contributed by atoms with Gasteiger partial charge < -0.3 is 0 Å². The maximum absolute atomic E-state index is 11.2. The van der Waals surface area contributed by atoms with E-state index < -0.39 is 0 Å². The van der Waals surface area contributed by atoms with Crippen LogP contribution in [0.3, 0.4) is 0 Å². The fourth-order valence-electron chi connectivity index (χ4n) is 2.48. The molecule has 2 aromatic heterocycles. The van der Waals surface area contributed by atoms with Crippen molar-refractivity contribution in [3.63, 3.8) is 0 Å². The molecule has 124 valence electrons. The molecular formula is C19H17N5O. The highest BCUT2D eigenvalue weighted by Crippen LogP contribution is 2.23. The second-order valence-electron chi connectivity index (χ2n) is 5.42. The lowest BCUT2D eigenvalue weighted by atomic mass is 10.0. The Hall–Kier alpha value is -3.41. The summed E-state index contributed by atoms with van der Waals surface area (Å²) in [4.78, 5) is 23.6. The lowest BCUT2D eigenvalue weighted by Gasteiger charge is -2.11. The van der Waals surface area contributed by atoms with E-state index in [1.165, 1.54) is 6.20 Å². The minimum atomic E-state index is 0.368. The van der Waals surface area contributed by atoms with Crippen molar-refractivity contribution in [3.05, 3.63) is 72.0 Å². The van der Waals surface area contributed by atoms with E-state index in [0.717, 1.165) is 29.0 Å². The SMILES string of the molecule is C=N/C=C\N=C1C=CC(c2cc(C=O)nn2-c2cccc(C)n2)=CC1. The van der Waals surface area contributed by atoms with Crippen molar-refractivity contribution in [2.45, 2.75) is 13.3 Å². The van der Waals surface area contributed by atoms with E-state index >= 15 is 0 Å². The normalized spacial score (nSPS) is 15.6. The molecule has 1 aliphatic carbocycles. The third-order valence-corrected chi connectivity index (χ3v) is 3.63. The molecule has 6 nitrogen and oxygen atoms in total. The van der Waals surface area contributed by atoms with E-state index in [0.29, 0.717) is 17.9 Å². The number of aldehydes is 1. The fraction of sp³-hybridized carbons (Fsp3) is 0.105. The van der Waals surface area contributed by atoms with Crippen LogP contribution in [0, 0.1) is 6.92 Å². The van der Waals surface area contributed by atoms with E-state index in [9.17, 15) is 4.79 Å². The largest absolute Gasteiger partial charge is 0.296 e. The molecule has 2 heterocycles. The summed E-state index contributed by atoms with van der Waals surface area (Å²) < 4.78 is 1.69. The lowest BCUT2D eigenvalue weighted by Crippen LogP contribution is -2.06. The molecule has 2 aromatic rings. The summed E-state index contributed by atoms with van der Waals surface area (Å²) >= 11 is 0. The Balaban J connectivity index is 1.96. The van der Waals surface area contributed by atoms with Crippen LogP contribution in [0.1, 0.15) is 28.3 Å². The summed E-state index contributed by atoms with van der Waals surface area (Å²) in [5, 5.41) is 4.35. The Bertz CT molecular complexity index is 931. The molecule has 0 aliphatic heterocycles. The molecule has 3 rings (SSSR count). The molecule has 0 N–H and O–H groups in total. The third kappa shape index (κ3) is 3.74. The molecule has 1 aliphatic rings. The summed E-state index contributed by atoms with van der Waals surface area (Å²) in [7, 11) is 0. The lowest BCUT2D eigenvalue weighted by molar-refractivity contribution is 0.111. The van der Waals surface area contributed by atoms with Crippen LogP contribution in [0.5, 0.6) is 0 Å². The zero-order chi connectivity index (χ0) is 17.6. The van der Waals surface area contributed by atoms with Gasteiger partial charge in [0.15, 0.2) is 12.1 Å². The van der Waals surface area contributed by atoms with Crippen molar-refractivity contribution in [3.8, 4) is 5.82 Å². The second kappa shape index (κ2) is 7.44. The van der Waals surface area contributed by atoms with Crippen molar-refractivity contribution < 1.29 is 4.79 Å². The van der Waals surface area contributed by atoms with Crippen molar-refractivity contribution in [1.29, 1.82) is 0 Å². The average molecular weight is 331 g/mol. The summed E-state index contributed by atoms with van der Waals surface area (Å²) in [5.41, 5.74) is 3.95. The van der Waals surface area contributed by atoms with Crippen LogP contribution in [0.25, 0.3) is 11.4 Å². The molecule has 0 amide bonds. The van der Waals surface area contributed by atoms with Gasteiger partial charge in [-0.25, -0.2) is 9.67 Å². The number of pyridine rings is 1. The van der Waals surface area contributed by atoms with Gasteiger partial charge in [0.25, 0.3) is 0 Å². The van der Waals surface area contributed by atoms with Crippen LogP contribution in [-0.4, -0.2) is 33.5 Å². The fourth-order valence-corrected chi connectivity index (χ4v) is 2.48. The van der Waals surface area contributed by atoms with Crippen LogP contribution in [0.4, 0.5) is 0 Å². The predicted octanol–water partition coefficient (Wildman–Crippen LogP) is 3.34. The zero-order valence-electron chi connectivity index (χ0n) is 13.8. The van der Waals surface area contributed by atoms with Gasteiger partial charge in [0, 0.05) is 30.2 Å². The van der Waals surface area contributed by atoms with Gasteiger partial charge in [0.1, 0.15) is 5.69 Å². The van der Waals surface area contributed by atoms with Gasteiger partial charge in [-0.1, -0.05) is 18.2 Å². The van der Waals surface area contributed by atoms with Crippen molar-refractivity contribution in [2.75, 3.05) is 0 Å². The molecule has 0 bridgehead atoms. The van der Waals surface area contributed by atoms with Crippen LogP contribution < -0.4 is 0 Å². The quantitative estimate of drug-likeness (QED) is 0.623. The van der Waals surface area contributed by atoms with E-state index in [-0.39, 0.29) is 0 Å². The standard InChI is InChI=1S/C19H17N5O/c1-14-4-3-5-19(22-14)24-18(12-17(13-25)23-24)15-6-8-16(9-7-15)21-11-10-20-2/h3-8,10-13H,2,9H2,1H3/b11-10-,21-16?. The number of rotatable bonds is 5. The molecule has 0 fully saturated rings. The number of hydrogen-bond donors (Lipinski definition) is 0. The zero-order valence-corrected chi connectivity index (χ0v) is 13.8. The van der Waals surface area contributed by atoms with E-state index in [1.807, 2.05) is 43.4 Å². The van der Waals surface area contributed by atoms with Gasteiger partial charge >= 0.3 is 0 Å². The number of allylic oxidation sites excluding steroid dienone is 4. The Morgan fingerprint density at radius 1 is 1.28 bits per heavy atom. The number of aliphatic imine (C=N–C) groups is 2. The van der Waals surface area contributed by atoms with E-state index in [2.05, 4.69) is 26.8 Å². The number of nitrogens with zero attached hydrogens (tertiary/aromatic N) is 5. The first-order chi connectivity index (χ1) is 12.2. The molecule has 25 heavy (non-hydrogen) atoms. The smallest absolute Gasteiger partial charge is 0.170 e. The molecular weight excluding hydrogens is 314 g/mol. The second-order valence-corrected chi connectivity index (χ2v) is 5.42. The maximum atomic E-state index is 11.2. The molecule has 0 saturated carbocycles. The monoisotopic (exact) mass is 331 g/mol. The van der Waals surface area contributed by atoms with E-state index in [4.69, 9.17) is 0 Å². The number of carbonyl (C=O) groups excluding carboxylic acids is 1. The highest BCUT2D eigenvalue weighted by Gasteiger charge is 2.15. The summed E-state index contributed by atoms with van der Waals surface area (Å²) in [6.45, 7) is 5.29. The Morgan fingerprint density at radius 2 is 2.16 bits per heavy atom. The Labute approximate surface area is 145 Å². The number of hydrogen-bond acceptors (Lipinski definition) is 5. The van der Waals surface area contributed by atoms with Crippen LogP contribution in [0.15, 0.2) is 64.9 Å². The average Bonchev–Trinajstić information content (AvgIpc) is 3.07. The van der Waals surface area contributed by atoms with Gasteiger partial charge in [-0.2, -0.15) is 5.10 Å². The van der Waals surface area contributed by atoms with Gasteiger partial charge in [-0.15, -0.1) is 0 Å². The molecule has 0 radical (unpaired) electrons. The number of aromatic nitrogens is 3. The van der Waals surface area contributed by atoms with Gasteiger partial charge in [-0.3, -0.25) is 14.8 Å². The highest BCUT2D eigenvalue weighted by atomic mass is 16.1. The predicted molar refractivity (Wildman–Crippen MR) is 99.3 cm³/mol. The first-order valence-corrected chi connectivity index (χ1v) is 7.76. The number of aryl methyl sites for hydroxylation is 1. The number of carbonyl (C=O) groups is 1. The van der Waals surface area contributed by atoms with Crippen molar-refractivity contribution >= 4 is 24.3 Å². The summed E-state index contributed by atoms with van der Waals surface area (Å²) in [6.07, 6.45) is 10.5. The summed E-state index contributed by atoms with van der Waals surface area (Å²) in [6, 6.07) is 7.46. The highest BCUT2D eigenvalue weighted by molar-refractivity contribution is 6.02. The molecule has 0 atom stereocenters. The Morgan fingerprint density at radius 3 is 2.84 bits per heavy atom. The first kappa shape index (κ1) is 16.4. The third-order valence-electron chi connectivity index (χ3n) is 3.63. The minimum Gasteiger partial charge on any atom is -0.296 e. The molecule has 6 heteroatoms. The minimum absolute atomic E-state index is 0.368. The molecule has 0 saturated heterocycles. The molecule has 0 unspecified atom stereocenters. The van der Waals surface area contributed by atoms with Crippen LogP contribution in [0.2, 0.25) is 0 Å². The van der Waals surface area contributed by atoms with Gasteiger partial charge in [-0.05, 0) is 43.5 Å².